The van der Waals surface area contributed by atoms with E-state index in [1.54, 1.807) is 32.0 Å². The van der Waals surface area contributed by atoms with Crippen molar-refractivity contribution in [2.45, 2.75) is 32.6 Å². The van der Waals surface area contributed by atoms with Gasteiger partial charge in [0.05, 0.1) is 23.5 Å². The third kappa shape index (κ3) is 5.67. The summed E-state index contributed by atoms with van der Waals surface area (Å²) in [5.41, 5.74) is 0.873. The van der Waals surface area contributed by atoms with Crippen LogP contribution in [0, 0.1) is 0 Å². The number of hydrogen-bond donors (Lipinski definition) is 1. The zero-order chi connectivity index (χ0) is 17.6. The normalized spacial score (nSPS) is 21.0. The average molecular weight is 398 g/mol. The SMILES string of the molecule is COCCOCOC1CC(CCOC)Sc2sc(S(N)(=O)=O)cc21. The van der Waals surface area contributed by atoms with Gasteiger partial charge in [0.2, 0.25) is 10.0 Å². The summed E-state index contributed by atoms with van der Waals surface area (Å²) in [4.78, 5) is 0. The fourth-order valence-corrected chi connectivity index (χ4v) is 6.13. The molecule has 7 nitrogen and oxygen atoms in total. The lowest BCUT2D eigenvalue weighted by atomic mass is 10.1. The van der Waals surface area contributed by atoms with E-state index in [0.717, 1.165) is 22.6 Å². The summed E-state index contributed by atoms with van der Waals surface area (Å²) < 4.78 is 45.6. The summed E-state index contributed by atoms with van der Waals surface area (Å²) in [6.07, 6.45) is 1.43. The molecule has 0 spiro atoms. The predicted molar refractivity (Wildman–Crippen MR) is 93.0 cm³/mol. The zero-order valence-electron chi connectivity index (χ0n) is 13.7. The number of fused-ring (bicyclic) bond motifs is 1. The van der Waals surface area contributed by atoms with Crippen LogP contribution in [0.5, 0.6) is 0 Å². The van der Waals surface area contributed by atoms with E-state index in [2.05, 4.69) is 0 Å². The lowest BCUT2D eigenvalue weighted by Crippen LogP contribution is -2.20. The minimum Gasteiger partial charge on any atom is -0.385 e. The van der Waals surface area contributed by atoms with Gasteiger partial charge in [-0.05, 0) is 18.9 Å². The summed E-state index contributed by atoms with van der Waals surface area (Å²) in [7, 11) is -0.436. The molecule has 0 bridgehead atoms. The molecule has 0 aromatic carbocycles. The molecule has 0 amide bonds. The molecule has 2 unspecified atom stereocenters. The number of methoxy groups -OCH3 is 2. The largest absolute Gasteiger partial charge is 0.385 e. The van der Waals surface area contributed by atoms with Crippen LogP contribution in [-0.4, -0.2) is 54.5 Å². The molecular formula is C14H23NO6S3. The molecule has 0 saturated heterocycles. The van der Waals surface area contributed by atoms with Crippen LogP contribution in [0.4, 0.5) is 0 Å². The van der Waals surface area contributed by atoms with Crippen molar-refractivity contribution in [3.05, 3.63) is 11.6 Å². The summed E-state index contributed by atoms with van der Waals surface area (Å²) >= 11 is 2.86. The Hall–Kier alpha value is -0.200. The van der Waals surface area contributed by atoms with Crippen molar-refractivity contribution in [2.24, 2.45) is 5.14 Å². The van der Waals surface area contributed by atoms with Gasteiger partial charge in [0.15, 0.2) is 0 Å². The predicted octanol–water partition coefficient (Wildman–Crippen LogP) is 1.97. The molecule has 1 aliphatic heterocycles. The van der Waals surface area contributed by atoms with Gasteiger partial charge in [-0.1, -0.05) is 0 Å². The quantitative estimate of drug-likeness (QED) is 0.476. The Bertz CT molecular complexity index is 618. The Kier molecular flexibility index (Phi) is 7.95. The third-order valence-corrected chi connectivity index (χ3v) is 7.62. The van der Waals surface area contributed by atoms with Crippen molar-refractivity contribution in [3.8, 4) is 0 Å². The summed E-state index contributed by atoms with van der Waals surface area (Å²) in [6, 6.07) is 1.62. The Balaban J connectivity index is 2.08. The van der Waals surface area contributed by atoms with Gasteiger partial charge >= 0.3 is 0 Å². The second-order valence-electron chi connectivity index (χ2n) is 5.28. The van der Waals surface area contributed by atoms with Gasteiger partial charge in [-0.15, -0.1) is 23.1 Å². The highest BCUT2D eigenvalue weighted by Gasteiger charge is 2.32. The van der Waals surface area contributed by atoms with Gasteiger partial charge in [-0.25, -0.2) is 13.6 Å². The highest BCUT2D eigenvalue weighted by molar-refractivity contribution is 8.02. The molecule has 1 aliphatic rings. The second kappa shape index (κ2) is 9.48. The molecule has 0 radical (unpaired) electrons. The van der Waals surface area contributed by atoms with Crippen molar-refractivity contribution in [1.82, 2.24) is 0 Å². The molecule has 2 atom stereocenters. The van der Waals surface area contributed by atoms with Crippen LogP contribution in [0.15, 0.2) is 14.5 Å². The minimum absolute atomic E-state index is 0.135. The molecule has 2 heterocycles. The molecular weight excluding hydrogens is 374 g/mol. The van der Waals surface area contributed by atoms with E-state index in [0.29, 0.717) is 25.1 Å². The molecule has 1 aromatic rings. The average Bonchev–Trinajstić information content (AvgIpc) is 2.97. The van der Waals surface area contributed by atoms with Gasteiger partial charge in [0.1, 0.15) is 11.0 Å². The van der Waals surface area contributed by atoms with Crippen molar-refractivity contribution < 1.29 is 27.4 Å². The van der Waals surface area contributed by atoms with E-state index in [4.69, 9.17) is 24.1 Å². The van der Waals surface area contributed by atoms with Crippen LogP contribution < -0.4 is 5.14 Å². The highest BCUT2D eigenvalue weighted by Crippen LogP contribution is 2.48. The first-order valence-electron chi connectivity index (χ1n) is 7.46. The topological polar surface area (TPSA) is 97.1 Å². The lowest BCUT2D eigenvalue weighted by Gasteiger charge is -2.28. The highest BCUT2D eigenvalue weighted by atomic mass is 32.3. The smallest absolute Gasteiger partial charge is 0.247 e. The maximum absolute atomic E-state index is 11.6. The minimum atomic E-state index is -3.71. The number of nitrogens with two attached hydrogens (primary N) is 1. The van der Waals surface area contributed by atoms with E-state index in [1.807, 2.05) is 0 Å². The van der Waals surface area contributed by atoms with Gasteiger partial charge in [0.25, 0.3) is 0 Å². The molecule has 10 heteroatoms. The molecule has 2 N–H and O–H groups in total. The monoisotopic (exact) mass is 397 g/mol. The second-order valence-corrected chi connectivity index (χ2v) is 9.69. The van der Waals surface area contributed by atoms with Crippen molar-refractivity contribution in [1.29, 1.82) is 0 Å². The first-order valence-corrected chi connectivity index (χ1v) is 10.7. The summed E-state index contributed by atoms with van der Waals surface area (Å²) in [6.45, 7) is 1.73. The third-order valence-electron chi connectivity index (χ3n) is 3.51. The van der Waals surface area contributed by atoms with Gasteiger partial charge in [0, 0.05) is 31.6 Å². The Labute approximate surface area is 150 Å². The summed E-state index contributed by atoms with van der Waals surface area (Å²) in [5.74, 6) is 0. The lowest BCUT2D eigenvalue weighted by molar-refractivity contribution is -0.102. The molecule has 24 heavy (non-hydrogen) atoms. The van der Waals surface area contributed by atoms with Gasteiger partial charge in [-0.2, -0.15) is 0 Å². The standard InChI is InChI=1S/C14H23NO6S3/c1-18-4-3-10-7-12(21-9-20-6-5-19-2)11-8-13(24(15,16)17)23-14(11)22-10/h8,10,12H,3-7,9H2,1-2H3,(H2,15,16,17). The van der Waals surface area contributed by atoms with E-state index >= 15 is 0 Å². The molecule has 0 saturated carbocycles. The van der Waals surface area contributed by atoms with Crippen LogP contribution in [-0.2, 0) is 29.0 Å². The number of thiophene rings is 1. The first kappa shape index (κ1) is 20.1. The fraction of sp³-hybridized carbons (Fsp3) is 0.714. The van der Waals surface area contributed by atoms with Crippen LogP contribution >= 0.6 is 23.1 Å². The van der Waals surface area contributed by atoms with E-state index in [-0.39, 0.29) is 17.1 Å². The van der Waals surface area contributed by atoms with Gasteiger partial charge < -0.3 is 18.9 Å². The Morgan fingerprint density at radius 2 is 2.00 bits per heavy atom. The maximum atomic E-state index is 11.6. The Morgan fingerprint density at radius 3 is 2.67 bits per heavy atom. The molecule has 0 fully saturated rings. The number of hydrogen-bond acceptors (Lipinski definition) is 8. The van der Waals surface area contributed by atoms with Crippen molar-refractivity contribution in [2.75, 3.05) is 40.8 Å². The number of rotatable bonds is 10. The number of primary sulfonamides is 1. The molecule has 1 aromatic heterocycles. The molecule has 2 rings (SSSR count). The maximum Gasteiger partial charge on any atom is 0.247 e. The molecule has 138 valence electrons. The number of sulfonamides is 1. The summed E-state index contributed by atoms with van der Waals surface area (Å²) in [5, 5.41) is 5.56. The van der Waals surface area contributed by atoms with Crippen molar-refractivity contribution >= 4 is 33.1 Å². The zero-order valence-corrected chi connectivity index (χ0v) is 16.2. The van der Waals surface area contributed by atoms with Crippen LogP contribution in [0.1, 0.15) is 24.5 Å². The van der Waals surface area contributed by atoms with E-state index in [1.165, 1.54) is 11.3 Å². The van der Waals surface area contributed by atoms with Crippen LogP contribution in [0.3, 0.4) is 0 Å². The van der Waals surface area contributed by atoms with Crippen LogP contribution in [0.25, 0.3) is 0 Å². The fourth-order valence-electron chi connectivity index (χ4n) is 2.30. The number of thioether (sulfide) groups is 1. The van der Waals surface area contributed by atoms with Gasteiger partial charge in [-0.3, -0.25) is 0 Å². The molecule has 0 aliphatic carbocycles. The van der Waals surface area contributed by atoms with E-state index in [9.17, 15) is 8.42 Å². The number of ether oxygens (including phenoxy) is 4. The van der Waals surface area contributed by atoms with Crippen molar-refractivity contribution in [3.63, 3.8) is 0 Å². The first-order chi connectivity index (χ1) is 11.5. The Morgan fingerprint density at radius 1 is 1.25 bits per heavy atom. The van der Waals surface area contributed by atoms with Crippen LogP contribution in [0.2, 0.25) is 0 Å². The van der Waals surface area contributed by atoms with E-state index < -0.39 is 10.0 Å².